The summed E-state index contributed by atoms with van der Waals surface area (Å²) < 4.78 is 11.8. The van der Waals surface area contributed by atoms with Gasteiger partial charge in [0.15, 0.2) is 5.11 Å². The summed E-state index contributed by atoms with van der Waals surface area (Å²) in [5, 5.41) is 5.89. The first-order chi connectivity index (χ1) is 12.1. The molecule has 5 nitrogen and oxygen atoms in total. The number of carbonyl (C=O) groups is 1. The minimum Gasteiger partial charge on any atom is -0.491 e. The summed E-state index contributed by atoms with van der Waals surface area (Å²) in [5.74, 6) is 0.506. The van der Waals surface area contributed by atoms with E-state index in [1.807, 2.05) is 43.3 Å². The van der Waals surface area contributed by atoms with Gasteiger partial charge in [-0.25, -0.2) is 0 Å². The van der Waals surface area contributed by atoms with Crippen molar-refractivity contribution >= 4 is 51.5 Å². The quantitative estimate of drug-likeness (QED) is 0.366. The first-order valence-electron chi connectivity index (χ1n) is 7.77. The van der Waals surface area contributed by atoms with Crippen LogP contribution in [0.1, 0.15) is 17.3 Å². The molecule has 0 radical (unpaired) electrons. The van der Waals surface area contributed by atoms with Crippen molar-refractivity contribution in [2.45, 2.75) is 6.92 Å². The van der Waals surface area contributed by atoms with E-state index in [1.54, 1.807) is 12.1 Å². The summed E-state index contributed by atoms with van der Waals surface area (Å²) in [6.07, 6.45) is 0. The molecule has 2 aromatic rings. The monoisotopic (exact) mass is 470 g/mol. The van der Waals surface area contributed by atoms with Crippen molar-refractivity contribution in [2.75, 3.05) is 25.1 Å². The van der Waals surface area contributed by atoms with Gasteiger partial charge in [0.25, 0.3) is 5.91 Å². The van der Waals surface area contributed by atoms with Gasteiger partial charge in [0, 0.05) is 21.4 Å². The van der Waals surface area contributed by atoms with E-state index in [4.69, 9.17) is 21.7 Å². The molecule has 0 bridgehead atoms. The summed E-state index contributed by atoms with van der Waals surface area (Å²) in [5.41, 5.74) is 1.33. The Morgan fingerprint density at radius 3 is 2.60 bits per heavy atom. The highest BCUT2D eigenvalue weighted by atomic mass is 127. The Hall–Kier alpha value is -1.71. The summed E-state index contributed by atoms with van der Waals surface area (Å²) >= 11 is 7.34. The zero-order valence-corrected chi connectivity index (χ0v) is 16.7. The van der Waals surface area contributed by atoms with Gasteiger partial charge < -0.3 is 14.8 Å². The largest absolute Gasteiger partial charge is 0.491 e. The van der Waals surface area contributed by atoms with Crippen LogP contribution in [0.4, 0.5) is 5.69 Å². The van der Waals surface area contributed by atoms with Crippen LogP contribution in [0.15, 0.2) is 48.5 Å². The molecule has 7 heteroatoms. The highest BCUT2D eigenvalue weighted by Gasteiger charge is 2.08. The Bertz CT molecular complexity index is 723. The Balaban J connectivity index is 1.83. The van der Waals surface area contributed by atoms with Crippen molar-refractivity contribution in [1.82, 2.24) is 5.32 Å². The van der Waals surface area contributed by atoms with Crippen molar-refractivity contribution in [1.29, 1.82) is 0 Å². The molecule has 2 aromatic carbocycles. The number of benzene rings is 2. The van der Waals surface area contributed by atoms with Crippen molar-refractivity contribution in [2.24, 2.45) is 0 Å². The second kappa shape index (κ2) is 10.3. The molecule has 0 heterocycles. The zero-order chi connectivity index (χ0) is 18.1. The molecule has 0 spiro atoms. The fourth-order valence-corrected chi connectivity index (χ4v) is 2.72. The van der Waals surface area contributed by atoms with E-state index in [2.05, 4.69) is 33.2 Å². The highest BCUT2D eigenvalue weighted by Crippen LogP contribution is 2.15. The molecule has 0 saturated carbocycles. The summed E-state index contributed by atoms with van der Waals surface area (Å²) in [6, 6.07) is 14.6. The second-order valence-corrected chi connectivity index (χ2v) is 6.64. The molecule has 0 unspecified atom stereocenters. The van der Waals surface area contributed by atoms with Crippen LogP contribution in [-0.4, -0.2) is 30.8 Å². The molecule has 0 fully saturated rings. The third-order valence-electron chi connectivity index (χ3n) is 3.13. The topological polar surface area (TPSA) is 59.6 Å². The van der Waals surface area contributed by atoms with Gasteiger partial charge in [0.1, 0.15) is 12.4 Å². The molecular formula is C18H19IN2O3S. The minimum atomic E-state index is -0.244. The van der Waals surface area contributed by atoms with Crippen molar-refractivity contribution in [3.63, 3.8) is 0 Å². The average Bonchev–Trinajstić information content (AvgIpc) is 2.60. The average molecular weight is 470 g/mol. The fourth-order valence-electron chi connectivity index (χ4n) is 1.96. The molecule has 2 rings (SSSR count). The van der Waals surface area contributed by atoms with Crippen molar-refractivity contribution in [3.8, 4) is 5.75 Å². The number of thiocarbonyl (C=S) groups is 1. The molecule has 0 aromatic heterocycles. The van der Waals surface area contributed by atoms with Gasteiger partial charge >= 0.3 is 0 Å². The Labute approximate surface area is 166 Å². The Morgan fingerprint density at radius 2 is 1.92 bits per heavy atom. The third kappa shape index (κ3) is 6.97. The number of nitrogens with one attached hydrogen (secondary N) is 2. The van der Waals surface area contributed by atoms with E-state index in [0.717, 1.165) is 15.0 Å². The number of ether oxygens (including phenoxy) is 2. The van der Waals surface area contributed by atoms with E-state index in [1.165, 1.54) is 0 Å². The first kappa shape index (κ1) is 19.6. The molecular weight excluding hydrogens is 451 g/mol. The number of halogens is 1. The van der Waals surface area contributed by atoms with Gasteiger partial charge in [-0.15, -0.1) is 0 Å². The Morgan fingerprint density at radius 1 is 1.16 bits per heavy atom. The minimum absolute atomic E-state index is 0.244. The van der Waals surface area contributed by atoms with Gasteiger partial charge in [-0.2, -0.15) is 0 Å². The lowest BCUT2D eigenvalue weighted by Crippen LogP contribution is -2.34. The predicted octanol–water partition coefficient (Wildman–Crippen LogP) is 3.83. The SMILES string of the molecule is CCOCCOc1ccc(NC(=S)NC(=O)c2cccc(I)c2)cc1. The van der Waals surface area contributed by atoms with E-state index in [-0.39, 0.29) is 11.0 Å². The molecule has 132 valence electrons. The maximum Gasteiger partial charge on any atom is 0.257 e. The van der Waals surface area contributed by atoms with Gasteiger partial charge in [-0.3, -0.25) is 10.1 Å². The fraction of sp³-hybridized carbons (Fsp3) is 0.222. The lowest BCUT2D eigenvalue weighted by Gasteiger charge is -2.11. The molecule has 25 heavy (non-hydrogen) atoms. The summed E-state index contributed by atoms with van der Waals surface area (Å²) in [7, 11) is 0. The van der Waals surface area contributed by atoms with Gasteiger partial charge in [0.2, 0.25) is 0 Å². The molecule has 0 aliphatic heterocycles. The smallest absolute Gasteiger partial charge is 0.257 e. The number of anilines is 1. The second-order valence-electron chi connectivity index (χ2n) is 4.99. The molecule has 2 N–H and O–H groups in total. The normalized spacial score (nSPS) is 10.2. The van der Waals surface area contributed by atoms with Gasteiger partial charge in [-0.1, -0.05) is 6.07 Å². The molecule has 1 amide bonds. The molecule has 0 atom stereocenters. The van der Waals surface area contributed by atoms with Gasteiger partial charge in [0.05, 0.1) is 6.61 Å². The summed E-state index contributed by atoms with van der Waals surface area (Å²) in [6.45, 7) is 3.69. The lowest BCUT2D eigenvalue weighted by atomic mass is 10.2. The Kier molecular flexibility index (Phi) is 8.10. The van der Waals surface area contributed by atoms with Crippen LogP contribution in [0.5, 0.6) is 5.75 Å². The maximum absolute atomic E-state index is 12.1. The van der Waals surface area contributed by atoms with Crippen molar-refractivity contribution in [3.05, 3.63) is 57.7 Å². The van der Waals surface area contributed by atoms with E-state index >= 15 is 0 Å². The molecule has 0 saturated heterocycles. The van der Waals surface area contributed by atoms with Crippen LogP contribution in [0.3, 0.4) is 0 Å². The van der Waals surface area contributed by atoms with Crippen LogP contribution in [0.25, 0.3) is 0 Å². The first-order valence-corrected chi connectivity index (χ1v) is 9.25. The summed E-state index contributed by atoms with van der Waals surface area (Å²) in [4.78, 5) is 12.1. The molecule has 0 aliphatic carbocycles. The van der Waals surface area contributed by atoms with E-state index in [9.17, 15) is 4.79 Å². The maximum atomic E-state index is 12.1. The number of rotatable bonds is 7. The van der Waals surface area contributed by atoms with Crippen LogP contribution in [0, 0.1) is 3.57 Å². The van der Waals surface area contributed by atoms with Crippen LogP contribution >= 0.6 is 34.8 Å². The molecule has 0 aliphatic rings. The number of hydrogen-bond donors (Lipinski definition) is 2. The van der Waals surface area contributed by atoms with Crippen molar-refractivity contribution < 1.29 is 14.3 Å². The third-order valence-corrected chi connectivity index (χ3v) is 4.00. The highest BCUT2D eigenvalue weighted by molar-refractivity contribution is 14.1. The van der Waals surface area contributed by atoms with Crippen LogP contribution < -0.4 is 15.4 Å². The van der Waals surface area contributed by atoms with Gasteiger partial charge in [-0.05, 0) is 84.2 Å². The number of hydrogen-bond acceptors (Lipinski definition) is 4. The van der Waals surface area contributed by atoms with Crippen LogP contribution in [0.2, 0.25) is 0 Å². The lowest BCUT2D eigenvalue weighted by molar-refractivity contribution is 0.0977. The standard InChI is InChI=1S/C18H19IN2O3S/c1-2-23-10-11-24-16-8-6-15(7-9-16)20-18(25)21-17(22)13-4-3-5-14(19)12-13/h3-9,12H,2,10-11H2,1H3,(H2,20,21,22,25). The van der Waals surface area contributed by atoms with Crippen LogP contribution in [-0.2, 0) is 4.74 Å². The number of amides is 1. The zero-order valence-electron chi connectivity index (χ0n) is 13.8. The van der Waals surface area contributed by atoms with E-state index < -0.39 is 0 Å². The predicted molar refractivity (Wildman–Crippen MR) is 111 cm³/mol. The number of carbonyl (C=O) groups excluding carboxylic acids is 1. The van der Waals surface area contributed by atoms with E-state index in [0.29, 0.717) is 25.4 Å².